The van der Waals surface area contributed by atoms with E-state index in [1.807, 2.05) is 60.7 Å². The minimum atomic E-state index is -0.0330. The number of aromatic nitrogens is 2. The standard InChI is InChI=1S/C47H39N3.C41H33BrN2.C6H7N/c1-47(2,3)36-29-30-44(43(32-36)42-26-13-18-34-16-8-10-24-40(34)42)50(46-28-14-27-45(49-46)48-37-20-5-4-6-21-37)38-22-11-19-35(31-38)41-25-12-17-33-15-7-9-23-39(33)41;1-41(2,3)31-24-25-38(37(27-31)36-21-10-15-29-13-5-7-19-34(29)36)44(40-23-11-22-39(42)43-40)32-17-8-16-30(26-32)35-20-9-14-28-12-4-6-18-33(28)35;7-6-4-2-1-3-5-6/h4-32H,1-3H3,(H,48,49);4-27H,1-3H3;1-5H,7H2. The molecule has 16 aromatic rings. The second-order valence-corrected chi connectivity index (χ2v) is 28.3. The van der Waals surface area contributed by atoms with Crippen LogP contribution in [0.2, 0.25) is 0 Å². The first kappa shape index (κ1) is 66.3. The monoisotopic (exact) mass is 1370 g/mol. The molecule has 0 saturated heterocycles. The molecule has 0 spiro atoms. The molecule has 3 N–H and O–H groups in total. The van der Waals surface area contributed by atoms with Gasteiger partial charge in [-0.2, -0.15) is 0 Å². The Morgan fingerprint density at radius 1 is 0.307 bits per heavy atom. The average Bonchev–Trinajstić information content (AvgIpc) is 0.766. The van der Waals surface area contributed by atoms with E-state index < -0.39 is 0 Å². The van der Waals surface area contributed by atoms with Crippen molar-refractivity contribution in [2.45, 2.75) is 52.4 Å². The molecule has 101 heavy (non-hydrogen) atoms. The smallest absolute Gasteiger partial charge is 0.140 e. The zero-order chi connectivity index (χ0) is 69.5. The number of halogens is 1. The summed E-state index contributed by atoms with van der Waals surface area (Å²) in [5.74, 6) is 2.45. The molecule has 2 heterocycles. The van der Waals surface area contributed by atoms with E-state index in [-0.39, 0.29) is 10.8 Å². The molecule has 0 unspecified atom stereocenters. The van der Waals surface area contributed by atoms with E-state index >= 15 is 0 Å². The number of fused-ring (bicyclic) bond motifs is 4. The van der Waals surface area contributed by atoms with Crippen LogP contribution in [0.25, 0.3) is 87.6 Å². The van der Waals surface area contributed by atoms with Gasteiger partial charge in [0.05, 0.1) is 11.4 Å². The van der Waals surface area contributed by atoms with Crippen LogP contribution in [-0.4, -0.2) is 9.97 Å². The summed E-state index contributed by atoms with van der Waals surface area (Å²) in [7, 11) is 0. The molecule has 6 nitrogen and oxygen atoms in total. The number of hydrogen-bond donors (Lipinski definition) is 2. The predicted octanol–water partition coefficient (Wildman–Crippen LogP) is 26.8. The van der Waals surface area contributed by atoms with Gasteiger partial charge in [-0.25, -0.2) is 9.97 Å². The number of hydrogen-bond acceptors (Lipinski definition) is 6. The molecular weight excluding hydrogens is 1290 g/mol. The Kier molecular flexibility index (Phi) is 19.2. The van der Waals surface area contributed by atoms with Gasteiger partial charge in [-0.3, -0.25) is 9.80 Å². The van der Waals surface area contributed by atoms with Gasteiger partial charge in [-0.1, -0.05) is 296 Å². The third-order valence-corrected chi connectivity index (χ3v) is 19.0. The molecule has 0 bridgehead atoms. The number of nitrogens with zero attached hydrogens (tertiary/aromatic N) is 4. The van der Waals surface area contributed by atoms with E-state index in [1.165, 1.54) is 82.0 Å². The third-order valence-electron chi connectivity index (χ3n) is 18.5. The zero-order valence-electron chi connectivity index (χ0n) is 57.7. The van der Waals surface area contributed by atoms with E-state index in [4.69, 9.17) is 15.7 Å². The summed E-state index contributed by atoms with van der Waals surface area (Å²) >= 11 is 3.65. The van der Waals surface area contributed by atoms with Gasteiger partial charge in [0, 0.05) is 33.9 Å². The molecule has 16 rings (SSSR count). The quantitative estimate of drug-likeness (QED) is 0.0938. The fourth-order valence-electron chi connectivity index (χ4n) is 13.4. The Bertz CT molecular complexity index is 5580. The van der Waals surface area contributed by atoms with Crippen molar-refractivity contribution in [2.75, 3.05) is 20.9 Å². The number of nitrogens with one attached hydrogen (secondary N) is 1. The Morgan fingerprint density at radius 3 is 1.08 bits per heavy atom. The van der Waals surface area contributed by atoms with Crippen molar-refractivity contribution in [3.8, 4) is 44.5 Å². The Morgan fingerprint density at radius 2 is 0.663 bits per heavy atom. The predicted molar refractivity (Wildman–Crippen MR) is 435 cm³/mol. The summed E-state index contributed by atoms with van der Waals surface area (Å²) in [5, 5.41) is 13.3. The van der Waals surface area contributed by atoms with Crippen LogP contribution in [0.1, 0.15) is 52.7 Å². The van der Waals surface area contributed by atoms with Crippen LogP contribution in [0.5, 0.6) is 0 Å². The molecule has 492 valence electrons. The minimum Gasteiger partial charge on any atom is -0.399 e. The second kappa shape index (κ2) is 29.3. The molecule has 0 fully saturated rings. The maximum Gasteiger partial charge on any atom is 0.140 e. The Hall–Kier alpha value is -11.9. The van der Waals surface area contributed by atoms with Crippen LogP contribution < -0.4 is 20.9 Å². The average molecular weight is 1370 g/mol. The highest BCUT2D eigenvalue weighted by molar-refractivity contribution is 9.10. The number of rotatable bonds is 12. The fourth-order valence-corrected chi connectivity index (χ4v) is 13.7. The summed E-state index contributed by atoms with van der Waals surface area (Å²) in [6, 6.07) is 124. The molecule has 2 aromatic heterocycles. The van der Waals surface area contributed by atoms with Gasteiger partial charge in [0.1, 0.15) is 22.1 Å². The van der Waals surface area contributed by atoms with Crippen LogP contribution in [0.15, 0.2) is 356 Å². The lowest BCUT2D eigenvalue weighted by molar-refractivity contribution is 0.590. The van der Waals surface area contributed by atoms with Gasteiger partial charge in [0.2, 0.25) is 0 Å². The van der Waals surface area contributed by atoms with Gasteiger partial charge >= 0.3 is 0 Å². The summed E-state index contributed by atoms with van der Waals surface area (Å²) in [6.45, 7) is 13.7. The maximum absolute atomic E-state index is 5.36. The SMILES string of the molecule is CC(C)(C)c1ccc(N(c2cccc(-c3cccc4ccccc34)c2)c2cccc(Br)n2)c(-c2cccc3ccccc23)c1.CC(C)(C)c1ccc(N(c2cccc(-c3cccc4ccccc34)c2)c2cccc(Nc3ccccc3)n2)c(-c2cccc3ccccc23)c1.Nc1ccccc1. The first-order valence-electron chi connectivity index (χ1n) is 34.4. The van der Waals surface area contributed by atoms with E-state index in [0.717, 1.165) is 72.9 Å². The van der Waals surface area contributed by atoms with Gasteiger partial charge < -0.3 is 11.1 Å². The van der Waals surface area contributed by atoms with Crippen LogP contribution in [0.4, 0.5) is 51.6 Å². The van der Waals surface area contributed by atoms with Crippen LogP contribution in [0.3, 0.4) is 0 Å². The lowest BCUT2D eigenvalue weighted by atomic mass is 9.84. The molecule has 0 aliphatic rings. The molecule has 0 saturated carbocycles. The fraction of sp³-hybridized carbons (Fsp3) is 0.0851. The van der Waals surface area contributed by atoms with Gasteiger partial charge in [0.25, 0.3) is 0 Å². The number of pyridine rings is 2. The van der Waals surface area contributed by atoms with E-state index in [1.54, 1.807) is 0 Å². The molecule has 0 aliphatic heterocycles. The second-order valence-electron chi connectivity index (χ2n) is 27.4. The van der Waals surface area contributed by atoms with Crippen LogP contribution in [0, 0.1) is 0 Å². The third kappa shape index (κ3) is 14.8. The van der Waals surface area contributed by atoms with Crippen molar-refractivity contribution >= 4 is 111 Å². The van der Waals surface area contributed by atoms with Crippen LogP contribution >= 0.6 is 15.9 Å². The molecule has 0 amide bonds. The molecule has 7 heteroatoms. The van der Waals surface area contributed by atoms with Gasteiger partial charge in [-0.15, -0.1) is 0 Å². The van der Waals surface area contributed by atoms with Crippen molar-refractivity contribution in [3.05, 3.63) is 368 Å². The lowest BCUT2D eigenvalue weighted by Gasteiger charge is -2.30. The maximum atomic E-state index is 5.36. The number of para-hydroxylation sites is 2. The highest BCUT2D eigenvalue weighted by Crippen LogP contribution is 2.48. The van der Waals surface area contributed by atoms with E-state index in [0.29, 0.717) is 0 Å². The number of nitrogens with two attached hydrogens (primary N) is 1. The largest absolute Gasteiger partial charge is 0.399 e. The minimum absolute atomic E-state index is 0.00893. The van der Waals surface area contributed by atoms with Gasteiger partial charge in [-0.05, 0) is 211 Å². The molecule has 0 atom stereocenters. The van der Waals surface area contributed by atoms with Crippen molar-refractivity contribution in [1.82, 2.24) is 9.97 Å². The summed E-state index contributed by atoms with van der Waals surface area (Å²) in [5.41, 5.74) is 23.4. The van der Waals surface area contributed by atoms with Crippen LogP contribution in [-0.2, 0) is 10.8 Å². The first-order valence-corrected chi connectivity index (χ1v) is 35.2. The first-order chi connectivity index (χ1) is 49.2. The summed E-state index contributed by atoms with van der Waals surface area (Å²) < 4.78 is 0.795. The number of anilines is 9. The van der Waals surface area contributed by atoms with E-state index in [9.17, 15) is 0 Å². The van der Waals surface area contributed by atoms with Crippen molar-refractivity contribution in [1.29, 1.82) is 0 Å². The summed E-state index contributed by atoms with van der Waals surface area (Å²) in [4.78, 5) is 14.9. The number of benzene rings is 14. The van der Waals surface area contributed by atoms with E-state index in [2.05, 4.69) is 364 Å². The van der Waals surface area contributed by atoms with Gasteiger partial charge in [0.15, 0.2) is 0 Å². The normalized spacial score (nSPS) is 11.4. The Labute approximate surface area is 601 Å². The topological polar surface area (TPSA) is 70.3 Å². The highest BCUT2D eigenvalue weighted by atomic mass is 79.9. The molecule has 0 aliphatic carbocycles. The number of nitrogen functional groups attached to an aromatic ring is 1. The Balaban J connectivity index is 0.000000157. The molecular formula is C94H79BrN6. The van der Waals surface area contributed by atoms with Crippen molar-refractivity contribution < 1.29 is 0 Å². The lowest BCUT2D eigenvalue weighted by Crippen LogP contribution is -2.16. The highest BCUT2D eigenvalue weighted by Gasteiger charge is 2.26. The van der Waals surface area contributed by atoms with Crippen molar-refractivity contribution in [3.63, 3.8) is 0 Å². The molecule has 14 aromatic carbocycles. The van der Waals surface area contributed by atoms with Crippen molar-refractivity contribution in [2.24, 2.45) is 0 Å². The zero-order valence-corrected chi connectivity index (χ0v) is 59.3. The summed E-state index contributed by atoms with van der Waals surface area (Å²) in [6.07, 6.45) is 0. The molecule has 0 radical (unpaired) electrons.